The van der Waals surface area contributed by atoms with Crippen molar-refractivity contribution >= 4 is 44.7 Å². The van der Waals surface area contributed by atoms with E-state index >= 15 is 0 Å². The van der Waals surface area contributed by atoms with Crippen molar-refractivity contribution in [2.24, 2.45) is 0 Å². The zero-order chi connectivity index (χ0) is 18.1. The number of thioether (sulfide) groups is 1. The Hall–Kier alpha value is -1.64. The van der Waals surface area contributed by atoms with Crippen LogP contribution in [0.4, 0.5) is 0 Å². The summed E-state index contributed by atoms with van der Waals surface area (Å²) in [5.41, 5.74) is 2.23. The Morgan fingerprint density at radius 3 is 2.85 bits per heavy atom. The second-order valence-corrected chi connectivity index (χ2v) is 8.40. The molecule has 3 aromatic heterocycles. The highest BCUT2D eigenvalue weighted by molar-refractivity contribution is 8.00. The molecule has 0 aliphatic carbocycles. The van der Waals surface area contributed by atoms with Gasteiger partial charge in [-0.15, -0.1) is 21.5 Å². The van der Waals surface area contributed by atoms with Gasteiger partial charge in [0, 0.05) is 19.5 Å². The van der Waals surface area contributed by atoms with Gasteiger partial charge in [0.1, 0.15) is 10.9 Å². The predicted octanol–water partition coefficient (Wildman–Crippen LogP) is 3.24. The molecule has 138 valence electrons. The standard InChI is InChI=1S/C18H22N4O2S2/c1-3-14(18(23)21-6-8-24-9-7-21)26-17-13-11-15-12(5-10-25-15)22(13)16(4-2)19-20-17/h5,10-11,14H,3-4,6-9H2,1-2H3. The van der Waals surface area contributed by atoms with Crippen molar-refractivity contribution in [3.63, 3.8) is 0 Å². The molecule has 0 spiro atoms. The van der Waals surface area contributed by atoms with Crippen LogP contribution in [0.15, 0.2) is 22.5 Å². The molecule has 6 nitrogen and oxygen atoms in total. The number of amides is 1. The third kappa shape index (κ3) is 3.10. The van der Waals surface area contributed by atoms with Gasteiger partial charge in [-0.3, -0.25) is 9.20 Å². The van der Waals surface area contributed by atoms with Crippen molar-refractivity contribution in [2.45, 2.75) is 37.0 Å². The average molecular weight is 391 g/mol. The topological polar surface area (TPSA) is 59.7 Å². The highest BCUT2D eigenvalue weighted by Crippen LogP contribution is 2.34. The van der Waals surface area contributed by atoms with Crippen LogP contribution in [-0.4, -0.2) is 57.0 Å². The second kappa shape index (κ2) is 7.54. The molecule has 0 saturated carbocycles. The normalized spacial score (nSPS) is 16.5. The monoisotopic (exact) mass is 390 g/mol. The van der Waals surface area contributed by atoms with Crippen molar-refractivity contribution in [1.82, 2.24) is 19.5 Å². The first kappa shape index (κ1) is 17.8. The Morgan fingerprint density at radius 2 is 2.12 bits per heavy atom. The molecular formula is C18H22N4O2S2. The fourth-order valence-electron chi connectivity index (χ4n) is 3.30. The van der Waals surface area contributed by atoms with E-state index in [1.54, 1.807) is 11.3 Å². The van der Waals surface area contributed by atoms with E-state index in [-0.39, 0.29) is 11.2 Å². The summed E-state index contributed by atoms with van der Waals surface area (Å²) < 4.78 is 8.78. The Morgan fingerprint density at radius 1 is 1.31 bits per heavy atom. The minimum absolute atomic E-state index is 0.147. The Labute approximate surface area is 160 Å². The summed E-state index contributed by atoms with van der Waals surface area (Å²) in [6.45, 7) is 6.73. The molecule has 1 saturated heterocycles. The van der Waals surface area contributed by atoms with Gasteiger partial charge in [0.05, 0.1) is 34.2 Å². The summed E-state index contributed by atoms with van der Waals surface area (Å²) in [5, 5.41) is 11.7. The fourth-order valence-corrected chi connectivity index (χ4v) is 5.15. The van der Waals surface area contributed by atoms with Gasteiger partial charge in [-0.2, -0.15) is 0 Å². The summed E-state index contributed by atoms with van der Waals surface area (Å²) in [4.78, 5) is 14.8. The molecule has 1 atom stereocenters. The molecule has 1 aliphatic heterocycles. The number of thiophene rings is 1. The third-order valence-electron chi connectivity index (χ3n) is 4.70. The molecule has 1 unspecified atom stereocenters. The van der Waals surface area contributed by atoms with Gasteiger partial charge < -0.3 is 9.64 Å². The Balaban J connectivity index is 1.68. The smallest absolute Gasteiger partial charge is 0.236 e. The summed E-state index contributed by atoms with van der Waals surface area (Å²) in [6.07, 6.45) is 1.58. The molecule has 1 fully saturated rings. The zero-order valence-corrected chi connectivity index (χ0v) is 16.6. The van der Waals surface area contributed by atoms with Crippen LogP contribution < -0.4 is 0 Å². The van der Waals surface area contributed by atoms with Gasteiger partial charge in [0.15, 0.2) is 0 Å². The fraction of sp³-hybridized carbons (Fsp3) is 0.500. The Bertz CT molecular complexity index is 930. The van der Waals surface area contributed by atoms with Crippen molar-refractivity contribution in [1.29, 1.82) is 0 Å². The van der Waals surface area contributed by atoms with E-state index in [0.29, 0.717) is 26.3 Å². The number of carbonyl (C=O) groups excluding carboxylic acids is 1. The van der Waals surface area contributed by atoms with E-state index in [2.05, 4.69) is 46.0 Å². The predicted molar refractivity (Wildman–Crippen MR) is 105 cm³/mol. The summed E-state index contributed by atoms with van der Waals surface area (Å²) >= 11 is 3.26. The maximum atomic E-state index is 12.9. The van der Waals surface area contributed by atoms with Gasteiger partial charge in [0.2, 0.25) is 5.91 Å². The van der Waals surface area contributed by atoms with Crippen LogP contribution >= 0.6 is 23.1 Å². The number of morpholine rings is 1. The van der Waals surface area contributed by atoms with Crippen LogP contribution in [0.3, 0.4) is 0 Å². The molecule has 4 heterocycles. The highest BCUT2D eigenvalue weighted by atomic mass is 32.2. The first-order valence-corrected chi connectivity index (χ1v) is 10.8. The Kier molecular flexibility index (Phi) is 5.15. The average Bonchev–Trinajstić information content (AvgIpc) is 3.28. The summed E-state index contributed by atoms with van der Waals surface area (Å²) in [5.74, 6) is 1.12. The number of aromatic nitrogens is 3. The molecule has 3 aromatic rings. The number of nitrogens with zero attached hydrogens (tertiary/aromatic N) is 4. The van der Waals surface area contributed by atoms with E-state index in [9.17, 15) is 4.79 Å². The number of hydrogen-bond acceptors (Lipinski definition) is 6. The molecule has 8 heteroatoms. The molecular weight excluding hydrogens is 368 g/mol. The molecule has 1 aliphatic rings. The maximum Gasteiger partial charge on any atom is 0.236 e. The zero-order valence-electron chi connectivity index (χ0n) is 15.0. The summed E-state index contributed by atoms with van der Waals surface area (Å²) in [7, 11) is 0. The van der Waals surface area contributed by atoms with Crippen LogP contribution in [0.25, 0.3) is 15.7 Å². The molecule has 0 N–H and O–H groups in total. The SMILES string of the molecule is CCc1nnc(SC(CC)C(=O)N2CCOCC2)c2cc3sccc3n12. The van der Waals surface area contributed by atoms with Crippen molar-refractivity contribution < 1.29 is 9.53 Å². The van der Waals surface area contributed by atoms with Gasteiger partial charge >= 0.3 is 0 Å². The number of carbonyl (C=O) groups is 1. The highest BCUT2D eigenvalue weighted by Gasteiger charge is 2.27. The lowest BCUT2D eigenvalue weighted by Crippen LogP contribution is -2.44. The molecule has 0 aromatic carbocycles. The van der Waals surface area contributed by atoms with E-state index in [0.717, 1.165) is 29.2 Å². The van der Waals surface area contributed by atoms with E-state index < -0.39 is 0 Å². The molecule has 1 amide bonds. The van der Waals surface area contributed by atoms with E-state index in [1.807, 2.05) is 4.90 Å². The number of hydrogen-bond donors (Lipinski definition) is 0. The minimum Gasteiger partial charge on any atom is -0.378 e. The lowest BCUT2D eigenvalue weighted by Gasteiger charge is -2.29. The molecule has 0 bridgehead atoms. The first-order chi connectivity index (χ1) is 12.7. The molecule has 0 radical (unpaired) electrons. The van der Waals surface area contributed by atoms with Crippen LogP contribution in [0, 0.1) is 0 Å². The van der Waals surface area contributed by atoms with Crippen molar-refractivity contribution in [2.75, 3.05) is 26.3 Å². The van der Waals surface area contributed by atoms with Gasteiger partial charge in [0.25, 0.3) is 0 Å². The maximum absolute atomic E-state index is 12.9. The lowest BCUT2D eigenvalue weighted by atomic mass is 10.2. The molecule has 4 rings (SSSR count). The number of rotatable bonds is 5. The van der Waals surface area contributed by atoms with Crippen LogP contribution in [0.1, 0.15) is 26.1 Å². The van der Waals surface area contributed by atoms with Crippen LogP contribution in [0.2, 0.25) is 0 Å². The quantitative estimate of drug-likeness (QED) is 0.626. The first-order valence-electron chi connectivity index (χ1n) is 9.00. The van der Waals surface area contributed by atoms with Crippen LogP contribution in [-0.2, 0) is 16.0 Å². The summed E-state index contributed by atoms with van der Waals surface area (Å²) in [6, 6.07) is 4.29. The minimum atomic E-state index is -0.147. The molecule has 26 heavy (non-hydrogen) atoms. The van der Waals surface area contributed by atoms with E-state index in [1.165, 1.54) is 22.0 Å². The largest absolute Gasteiger partial charge is 0.378 e. The van der Waals surface area contributed by atoms with Gasteiger partial charge in [-0.1, -0.05) is 25.6 Å². The van der Waals surface area contributed by atoms with Gasteiger partial charge in [-0.25, -0.2) is 0 Å². The van der Waals surface area contributed by atoms with Gasteiger partial charge in [-0.05, 0) is 23.9 Å². The number of fused-ring (bicyclic) bond motifs is 3. The van der Waals surface area contributed by atoms with Crippen molar-refractivity contribution in [3.05, 3.63) is 23.3 Å². The number of aryl methyl sites for hydroxylation is 1. The third-order valence-corrected chi connectivity index (χ3v) is 6.88. The lowest BCUT2D eigenvalue weighted by molar-refractivity contribution is -0.134. The van der Waals surface area contributed by atoms with Crippen LogP contribution in [0.5, 0.6) is 0 Å². The second-order valence-electron chi connectivity index (χ2n) is 6.26. The number of ether oxygens (including phenoxy) is 1. The van der Waals surface area contributed by atoms with E-state index in [4.69, 9.17) is 4.74 Å². The van der Waals surface area contributed by atoms with Crippen molar-refractivity contribution in [3.8, 4) is 0 Å².